The first kappa shape index (κ1) is 23.8. The van der Waals surface area contributed by atoms with Crippen molar-refractivity contribution in [3.8, 4) is 11.5 Å². The molecule has 0 fully saturated rings. The van der Waals surface area contributed by atoms with Crippen LogP contribution >= 0.6 is 0 Å². The summed E-state index contributed by atoms with van der Waals surface area (Å²) >= 11 is 0. The molecule has 0 amide bonds. The summed E-state index contributed by atoms with van der Waals surface area (Å²) in [5, 5.41) is 1.06. The van der Waals surface area contributed by atoms with E-state index in [1.54, 1.807) is 0 Å². The van der Waals surface area contributed by atoms with Gasteiger partial charge in [0.1, 0.15) is 11.3 Å². The largest absolute Gasteiger partial charge is 0.543 e. The lowest BCUT2D eigenvalue weighted by Gasteiger charge is -2.36. The lowest BCUT2D eigenvalue weighted by Crippen LogP contribution is -2.43. The highest BCUT2D eigenvalue weighted by molar-refractivity contribution is 6.74. The van der Waals surface area contributed by atoms with Crippen LogP contribution in [0.2, 0.25) is 18.1 Å². The molecule has 2 aromatic rings. The highest BCUT2D eigenvalue weighted by Crippen LogP contribution is 2.52. The van der Waals surface area contributed by atoms with Crippen LogP contribution in [0.25, 0.3) is 16.7 Å². The van der Waals surface area contributed by atoms with E-state index in [9.17, 15) is 0 Å². The molecular formula is C26H40O4Si. The zero-order valence-corrected chi connectivity index (χ0v) is 22.3. The second kappa shape index (κ2) is 7.61. The van der Waals surface area contributed by atoms with E-state index in [2.05, 4.69) is 74.6 Å². The molecule has 0 unspecified atom stereocenters. The number of hydrogen-bond donors (Lipinski definition) is 0. The van der Waals surface area contributed by atoms with E-state index < -0.39 is 8.32 Å². The third-order valence-electron chi connectivity index (χ3n) is 6.52. The first-order chi connectivity index (χ1) is 14.1. The molecule has 3 rings (SSSR count). The van der Waals surface area contributed by atoms with Crippen LogP contribution in [-0.4, -0.2) is 21.5 Å². The fraction of sp³-hybridized carbons (Fsp3) is 0.615. The van der Waals surface area contributed by atoms with E-state index in [0.717, 1.165) is 28.2 Å². The second-order valence-corrected chi connectivity index (χ2v) is 16.6. The maximum Gasteiger partial charge on any atom is 0.250 e. The van der Waals surface area contributed by atoms with Crippen LogP contribution in [0.4, 0.5) is 0 Å². The molecule has 0 atom stereocenters. The van der Waals surface area contributed by atoms with Crippen LogP contribution in [-0.2, 0) is 4.74 Å². The molecule has 2 heterocycles. The lowest BCUT2D eigenvalue weighted by molar-refractivity contribution is 0.209. The van der Waals surface area contributed by atoms with E-state index in [4.69, 9.17) is 18.3 Å². The molecule has 1 aromatic carbocycles. The second-order valence-electron chi connectivity index (χ2n) is 11.8. The van der Waals surface area contributed by atoms with Crippen molar-refractivity contribution in [2.75, 3.05) is 13.2 Å². The predicted molar refractivity (Wildman–Crippen MR) is 131 cm³/mol. The fourth-order valence-corrected chi connectivity index (χ4v) is 5.26. The van der Waals surface area contributed by atoms with E-state index in [1.165, 1.54) is 5.57 Å². The smallest absolute Gasteiger partial charge is 0.250 e. The maximum atomic E-state index is 6.55. The Labute approximate surface area is 189 Å². The van der Waals surface area contributed by atoms with Crippen LogP contribution in [0.5, 0.6) is 11.5 Å². The molecule has 0 N–H and O–H groups in total. The molecule has 1 aliphatic rings. The normalized spacial score (nSPS) is 17.3. The molecule has 1 aliphatic heterocycles. The van der Waals surface area contributed by atoms with Crippen molar-refractivity contribution in [1.82, 2.24) is 0 Å². The van der Waals surface area contributed by atoms with Gasteiger partial charge >= 0.3 is 0 Å². The van der Waals surface area contributed by atoms with Crippen molar-refractivity contribution in [3.63, 3.8) is 0 Å². The maximum absolute atomic E-state index is 6.55. The molecular weight excluding hydrogens is 404 g/mol. The SMILES string of the molecule is CCOc1c(C2=C(C(C)(C)C)C(C)(C)CO2)oc2ccc(O[Si](C)(C)C(C)(C)C)cc12. The summed E-state index contributed by atoms with van der Waals surface area (Å²) in [6.45, 7) is 25.6. The molecule has 0 saturated carbocycles. The monoisotopic (exact) mass is 444 g/mol. The standard InChI is InChI=1S/C26H40O4Si/c1-12-27-20-18-15-17(30-31(10,11)25(5,6)7)13-14-19(18)29-21(20)22-23(24(2,3)4)26(8,9)16-28-22/h13-15H,12,16H2,1-11H3. The highest BCUT2D eigenvalue weighted by atomic mass is 28.4. The number of furan rings is 1. The zero-order chi connectivity index (χ0) is 23.4. The minimum Gasteiger partial charge on any atom is -0.543 e. The van der Waals surface area contributed by atoms with Gasteiger partial charge in [0.15, 0.2) is 11.5 Å². The number of hydrogen-bond acceptors (Lipinski definition) is 4. The van der Waals surface area contributed by atoms with Crippen molar-refractivity contribution in [1.29, 1.82) is 0 Å². The van der Waals surface area contributed by atoms with Crippen molar-refractivity contribution in [2.24, 2.45) is 10.8 Å². The first-order valence-electron chi connectivity index (χ1n) is 11.4. The molecule has 0 bridgehead atoms. The Balaban J connectivity index is 2.18. The molecule has 1 aromatic heterocycles. The van der Waals surface area contributed by atoms with E-state index in [1.807, 2.05) is 19.1 Å². The predicted octanol–water partition coefficient (Wildman–Crippen LogP) is 8.03. The molecule has 31 heavy (non-hydrogen) atoms. The Hall–Kier alpha value is -1.88. The van der Waals surface area contributed by atoms with Crippen LogP contribution in [0, 0.1) is 10.8 Å². The first-order valence-corrected chi connectivity index (χ1v) is 14.3. The number of fused-ring (bicyclic) bond motifs is 1. The minimum absolute atomic E-state index is 0.0472. The third-order valence-corrected chi connectivity index (χ3v) is 10.9. The Morgan fingerprint density at radius 1 is 1.06 bits per heavy atom. The topological polar surface area (TPSA) is 40.8 Å². The van der Waals surface area contributed by atoms with Crippen LogP contribution in [0.1, 0.15) is 68.1 Å². The zero-order valence-electron chi connectivity index (χ0n) is 21.3. The van der Waals surface area contributed by atoms with Gasteiger partial charge in [-0.1, -0.05) is 55.4 Å². The summed E-state index contributed by atoms with van der Waals surface area (Å²) in [7, 11) is -1.95. The van der Waals surface area contributed by atoms with Gasteiger partial charge in [-0.05, 0) is 54.2 Å². The van der Waals surface area contributed by atoms with Gasteiger partial charge in [0.2, 0.25) is 14.1 Å². The van der Waals surface area contributed by atoms with Gasteiger partial charge in [0.25, 0.3) is 0 Å². The van der Waals surface area contributed by atoms with Crippen molar-refractivity contribution >= 4 is 25.0 Å². The minimum atomic E-state index is -1.95. The molecule has 5 heteroatoms. The Morgan fingerprint density at radius 3 is 2.26 bits per heavy atom. The summed E-state index contributed by atoms with van der Waals surface area (Å²) in [6.07, 6.45) is 0. The molecule has 0 spiro atoms. The van der Waals surface area contributed by atoms with Gasteiger partial charge < -0.3 is 18.3 Å². The lowest BCUT2D eigenvalue weighted by atomic mass is 9.71. The van der Waals surface area contributed by atoms with Crippen LogP contribution < -0.4 is 9.16 Å². The average Bonchev–Trinajstić information content (AvgIpc) is 3.10. The van der Waals surface area contributed by atoms with Crippen LogP contribution in [0.3, 0.4) is 0 Å². The van der Waals surface area contributed by atoms with E-state index >= 15 is 0 Å². The van der Waals surface area contributed by atoms with Crippen molar-refractivity contribution in [3.05, 3.63) is 29.5 Å². The summed E-state index contributed by atoms with van der Waals surface area (Å²) in [5.41, 5.74) is 1.94. The molecule has 0 saturated heterocycles. The Bertz CT molecular complexity index is 997. The summed E-state index contributed by atoms with van der Waals surface area (Å²) in [4.78, 5) is 0. The number of rotatable bonds is 5. The van der Waals surface area contributed by atoms with E-state index in [0.29, 0.717) is 19.0 Å². The fourth-order valence-electron chi connectivity index (χ4n) is 4.24. The van der Waals surface area contributed by atoms with Gasteiger partial charge in [-0.25, -0.2) is 0 Å². The molecule has 0 aliphatic carbocycles. The number of ether oxygens (including phenoxy) is 2. The van der Waals surface area contributed by atoms with Gasteiger partial charge in [-0.2, -0.15) is 0 Å². The third kappa shape index (κ3) is 4.39. The number of benzene rings is 1. The Kier molecular flexibility index (Phi) is 5.84. The van der Waals surface area contributed by atoms with Gasteiger partial charge in [-0.15, -0.1) is 0 Å². The van der Waals surface area contributed by atoms with Gasteiger partial charge in [0.05, 0.1) is 18.6 Å². The summed E-state index contributed by atoms with van der Waals surface area (Å²) in [6, 6.07) is 6.05. The quantitative estimate of drug-likeness (QED) is 0.438. The summed E-state index contributed by atoms with van der Waals surface area (Å²) < 4.78 is 25.3. The molecule has 4 nitrogen and oxygen atoms in total. The highest BCUT2D eigenvalue weighted by Gasteiger charge is 2.43. The summed E-state index contributed by atoms with van der Waals surface area (Å²) in [5.74, 6) is 3.12. The van der Waals surface area contributed by atoms with E-state index in [-0.39, 0.29) is 15.9 Å². The van der Waals surface area contributed by atoms with Crippen molar-refractivity contribution < 1.29 is 18.3 Å². The van der Waals surface area contributed by atoms with Gasteiger partial charge in [-0.3, -0.25) is 0 Å². The molecule has 0 radical (unpaired) electrons. The Morgan fingerprint density at radius 2 is 1.71 bits per heavy atom. The van der Waals surface area contributed by atoms with Gasteiger partial charge in [0, 0.05) is 5.41 Å². The average molecular weight is 445 g/mol. The van der Waals surface area contributed by atoms with Crippen molar-refractivity contribution in [2.45, 2.75) is 80.4 Å². The molecule has 172 valence electrons. The van der Waals surface area contributed by atoms with Crippen LogP contribution in [0.15, 0.2) is 28.2 Å².